The molecule has 2 atom stereocenters. The largest absolute Gasteiger partial charge is 0.385 e. The van der Waals surface area contributed by atoms with E-state index >= 15 is 0 Å². The van der Waals surface area contributed by atoms with E-state index in [1.54, 1.807) is 18.2 Å². The van der Waals surface area contributed by atoms with Gasteiger partial charge in [-0.1, -0.05) is 29.8 Å². The zero-order valence-corrected chi connectivity index (χ0v) is 12.6. The van der Waals surface area contributed by atoms with Crippen LogP contribution in [0.25, 0.3) is 0 Å². The minimum atomic E-state index is -1.31. The number of amidine groups is 1. The summed E-state index contributed by atoms with van der Waals surface area (Å²) in [5, 5.41) is 15.4. The standard InChI is InChI=1S/C17H16ClN3O/c18-10-5-6-15-13(9-10)17(22,16(19)21-15)12-7-8-20-14-4-2-1-3-11(12)14/h1-6,9,12,20,22H,7-8H2,(H2,19,21). The normalized spacial score (nSPS) is 25.9. The second-order valence-corrected chi connectivity index (χ2v) is 6.22. The summed E-state index contributed by atoms with van der Waals surface area (Å²) in [5.41, 5.74) is 8.31. The molecule has 0 aromatic heterocycles. The van der Waals surface area contributed by atoms with Crippen molar-refractivity contribution >= 4 is 28.8 Å². The van der Waals surface area contributed by atoms with E-state index in [2.05, 4.69) is 10.3 Å². The van der Waals surface area contributed by atoms with Crippen LogP contribution in [0.5, 0.6) is 0 Å². The van der Waals surface area contributed by atoms with E-state index in [9.17, 15) is 5.11 Å². The van der Waals surface area contributed by atoms with Crippen LogP contribution < -0.4 is 11.1 Å². The molecule has 2 aliphatic rings. The fraction of sp³-hybridized carbons (Fsp3) is 0.235. The molecule has 0 bridgehead atoms. The molecule has 2 aromatic rings. The number of aliphatic hydroxyl groups is 1. The summed E-state index contributed by atoms with van der Waals surface area (Å²) in [6.07, 6.45) is 0.773. The van der Waals surface area contributed by atoms with Gasteiger partial charge in [0.05, 0.1) is 5.69 Å². The lowest BCUT2D eigenvalue weighted by Crippen LogP contribution is -2.45. The average Bonchev–Trinajstić information content (AvgIpc) is 2.79. The molecule has 5 heteroatoms. The molecule has 0 amide bonds. The molecule has 4 nitrogen and oxygen atoms in total. The third-order valence-electron chi connectivity index (χ3n) is 4.59. The van der Waals surface area contributed by atoms with E-state index in [0.29, 0.717) is 16.3 Å². The van der Waals surface area contributed by atoms with Crippen molar-refractivity contribution in [1.82, 2.24) is 0 Å². The van der Waals surface area contributed by atoms with Crippen LogP contribution in [0, 0.1) is 0 Å². The Labute approximate surface area is 133 Å². The van der Waals surface area contributed by atoms with Crippen LogP contribution in [0.1, 0.15) is 23.5 Å². The van der Waals surface area contributed by atoms with E-state index in [-0.39, 0.29) is 11.8 Å². The van der Waals surface area contributed by atoms with Gasteiger partial charge in [-0.25, -0.2) is 4.99 Å². The molecule has 0 saturated carbocycles. The van der Waals surface area contributed by atoms with Crippen molar-refractivity contribution in [3.8, 4) is 0 Å². The van der Waals surface area contributed by atoms with Gasteiger partial charge < -0.3 is 16.2 Å². The number of hydrogen-bond acceptors (Lipinski definition) is 4. The molecular weight excluding hydrogens is 298 g/mol. The molecule has 0 radical (unpaired) electrons. The van der Waals surface area contributed by atoms with E-state index in [4.69, 9.17) is 17.3 Å². The Balaban J connectivity index is 1.90. The molecule has 2 aromatic carbocycles. The van der Waals surface area contributed by atoms with E-state index in [0.717, 1.165) is 24.2 Å². The Morgan fingerprint density at radius 3 is 2.95 bits per heavy atom. The van der Waals surface area contributed by atoms with Gasteiger partial charge in [-0.3, -0.25) is 0 Å². The maximum Gasteiger partial charge on any atom is 0.155 e. The van der Waals surface area contributed by atoms with Crippen molar-refractivity contribution in [1.29, 1.82) is 0 Å². The highest BCUT2D eigenvalue weighted by Crippen LogP contribution is 2.50. The number of rotatable bonds is 1. The van der Waals surface area contributed by atoms with Crippen molar-refractivity contribution in [2.45, 2.75) is 17.9 Å². The van der Waals surface area contributed by atoms with Gasteiger partial charge in [0.15, 0.2) is 5.60 Å². The molecule has 2 heterocycles. The van der Waals surface area contributed by atoms with Crippen LogP contribution in [0.15, 0.2) is 47.5 Å². The molecule has 0 fully saturated rings. The van der Waals surface area contributed by atoms with Crippen LogP contribution in [0.2, 0.25) is 5.02 Å². The fourth-order valence-electron chi connectivity index (χ4n) is 3.53. The molecule has 0 saturated heterocycles. The van der Waals surface area contributed by atoms with E-state index in [1.165, 1.54) is 0 Å². The zero-order valence-electron chi connectivity index (χ0n) is 11.9. The molecule has 22 heavy (non-hydrogen) atoms. The summed E-state index contributed by atoms with van der Waals surface area (Å²) >= 11 is 6.12. The van der Waals surface area contributed by atoms with E-state index in [1.807, 2.05) is 24.3 Å². The van der Waals surface area contributed by atoms with Gasteiger partial charge in [-0.05, 0) is 36.2 Å². The number of hydrogen-bond donors (Lipinski definition) is 3. The first-order chi connectivity index (χ1) is 10.6. The first-order valence-electron chi connectivity index (χ1n) is 7.30. The van der Waals surface area contributed by atoms with Crippen molar-refractivity contribution in [2.75, 3.05) is 11.9 Å². The minimum absolute atomic E-state index is 0.145. The molecule has 4 rings (SSSR count). The number of nitrogens with two attached hydrogens (primary N) is 1. The number of nitrogens with one attached hydrogen (secondary N) is 1. The van der Waals surface area contributed by atoms with Crippen molar-refractivity contribution in [3.05, 3.63) is 58.6 Å². The van der Waals surface area contributed by atoms with E-state index < -0.39 is 5.60 Å². The van der Waals surface area contributed by atoms with Gasteiger partial charge in [0, 0.05) is 28.7 Å². The Kier molecular flexibility index (Phi) is 2.93. The summed E-state index contributed by atoms with van der Waals surface area (Å²) in [7, 11) is 0. The fourth-order valence-corrected chi connectivity index (χ4v) is 3.70. The highest BCUT2D eigenvalue weighted by atomic mass is 35.5. The van der Waals surface area contributed by atoms with Gasteiger partial charge in [-0.2, -0.15) is 0 Å². The van der Waals surface area contributed by atoms with Crippen LogP contribution >= 0.6 is 11.6 Å². The lowest BCUT2D eigenvalue weighted by molar-refractivity contribution is 0.0780. The SMILES string of the molecule is NC1=Nc2ccc(Cl)cc2C1(O)C1CCNc2ccccc21. The quantitative estimate of drug-likeness (QED) is 0.757. The third kappa shape index (κ3) is 1.77. The summed E-state index contributed by atoms with van der Waals surface area (Å²) in [6.45, 7) is 0.785. The predicted molar refractivity (Wildman–Crippen MR) is 88.9 cm³/mol. The van der Waals surface area contributed by atoms with Gasteiger partial charge >= 0.3 is 0 Å². The van der Waals surface area contributed by atoms with Gasteiger partial charge in [-0.15, -0.1) is 0 Å². The number of aliphatic imine (C=N–C) groups is 1. The molecule has 2 unspecified atom stereocenters. The van der Waals surface area contributed by atoms with Crippen LogP contribution in [0.4, 0.5) is 11.4 Å². The van der Waals surface area contributed by atoms with Crippen molar-refractivity contribution < 1.29 is 5.11 Å². The minimum Gasteiger partial charge on any atom is -0.385 e. The maximum atomic E-state index is 11.5. The summed E-state index contributed by atoms with van der Waals surface area (Å²) in [4.78, 5) is 4.36. The number of halogens is 1. The summed E-state index contributed by atoms with van der Waals surface area (Å²) in [6, 6.07) is 13.3. The molecule has 4 N–H and O–H groups in total. The predicted octanol–water partition coefficient (Wildman–Crippen LogP) is 3.13. The van der Waals surface area contributed by atoms with Gasteiger partial charge in [0.1, 0.15) is 5.84 Å². The van der Waals surface area contributed by atoms with Crippen molar-refractivity contribution in [3.63, 3.8) is 0 Å². The van der Waals surface area contributed by atoms with Crippen LogP contribution in [0.3, 0.4) is 0 Å². The lowest BCUT2D eigenvalue weighted by atomic mass is 9.73. The molecule has 2 aliphatic heterocycles. The Bertz CT molecular complexity index is 789. The van der Waals surface area contributed by atoms with Gasteiger partial charge in [0.25, 0.3) is 0 Å². The summed E-state index contributed by atoms with van der Waals surface area (Å²) in [5.74, 6) is 0.0971. The number of anilines is 1. The Morgan fingerprint density at radius 1 is 1.27 bits per heavy atom. The number of para-hydroxylation sites is 1. The van der Waals surface area contributed by atoms with Gasteiger partial charge in [0.2, 0.25) is 0 Å². The highest BCUT2D eigenvalue weighted by Gasteiger charge is 2.49. The Hall–Kier alpha value is -2.04. The molecule has 0 aliphatic carbocycles. The zero-order chi connectivity index (χ0) is 15.3. The number of fused-ring (bicyclic) bond motifs is 2. The molecule has 112 valence electrons. The highest BCUT2D eigenvalue weighted by molar-refractivity contribution is 6.30. The lowest BCUT2D eigenvalue weighted by Gasteiger charge is -2.37. The molecular formula is C17H16ClN3O. The second-order valence-electron chi connectivity index (χ2n) is 5.78. The maximum absolute atomic E-state index is 11.5. The van der Waals surface area contributed by atoms with Crippen LogP contribution in [-0.2, 0) is 5.60 Å². The third-order valence-corrected chi connectivity index (χ3v) is 4.82. The second kappa shape index (κ2) is 4.73. The summed E-state index contributed by atoms with van der Waals surface area (Å²) < 4.78 is 0. The topological polar surface area (TPSA) is 70.6 Å². The first kappa shape index (κ1) is 13.6. The smallest absolute Gasteiger partial charge is 0.155 e. The first-order valence-corrected chi connectivity index (χ1v) is 7.68. The number of benzene rings is 2. The average molecular weight is 314 g/mol. The Morgan fingerprint density at radius 2 is 2.09 bits per heavy atom. The number of nitrogens with zero attached hydrogens (tertiary/aromatic N) is 1. The monoisotopic (exact) mass is 313 g/mol. The molecule has 0 spiro atoms. The van der Waals surface area contributed by atoms with Crippen LogP contribution in [-0.4, -0.2) is 17.5 Å². The van der Waals surface area contributed by atoms with Crippen molar-refractivity contribution in [2.24, 2.45) is 10.7 Å².